The lowest BCUT2D eigenvalue weighted by molar-refractivity contribution is 0.0602. The number of halogens is 1. The molecule has 138 valence electrons. The summed E-state index contributed by atoms with van der Waals surface area (Å²) in [5.74, 6) is 0.195. The minimum Gasteiger partial charge on any atom is -0.486 e. The molecular weight excluding hydrogens is 370 g/mol. The van der Waals surface area contributed by atoms with E-state index in [-0.39, 0.29) is 17.9 Å². The van der Waals surface area contributed by atoms with E-state index in [0.717, 1.165) is 0 Å². The van der Waals surface area contributed by atoms with Gasteiger partial charge in [-0.2, -0.15) is 0 Å². The van der Waals surface area contributed by atoms with E-state index in [1.165, 1.54) is 13.2 Å². The summed E-state index contributed by atoms with van der Waals surface area (Å²) in [5.41, 5.74) is 0.593. The van der Waals surface area contributed by atoms with E-state index in [1.807, 2.05) is 0 Å². The standard InChI is InChI=1S/C20H16ClNO5/c1-25-20(24)16-4-2-3-5-17(16)22-19(23)18-11-10-15(27-18)12-26-14-8-6-13(21)7-9-14/h2-11H,12H2,1H3,(H,22,23). The number of para-hydroxylation sites is 1. The molecule has 1 amide bonds. The Morgan fingerprint density at radius 3 is 2.52 bits per heavy atom. The highest BCUT2D eigenvalue weighted by Gasteiger charge is 2.16. The lowest BCUT2D eigenvalue weighted by Crippen LogP contribution is -2.14. The number of nitrogens with one attached hydrogen (secondary N) is 1. The molecule has 0 aliphatic heterocycles. The van der Waals surface area contributed by atoms with E-state index in [2.05, 4.69) is 5.32 Å². The Kier molecular flexibility index (Phi) is 5.78. The number of amides is 1. The number of carbonyl (C=O) groups excluding carboxylic acids is 2. The first kappa shape index (κ1) is 18.5. The topological polar surface area (TPSA) is 77.8 Å². The van der Waals surface area contributed by atoms with E-state index in [0.29, 0.717) is 22.2 Å². The maximum Gasteiger partial charge on any atom is 0.339 e. The zero-order valence-corrected chi connectivity index (χ0v) is 15.2. The number of anilines is 1. The highest BCUT2D eigenvalue weighted by Crippen LogP contribution is 2.20. The van der Waals surface area contributed by atoms with Crippen LogP contribution in [0.3, 0.4) is 0 Å². The third kappa shape index (κ3) is 4.68. The van der Waals surface area contributed by atoms with Gasteiger partial charge in [0, 0.05) is 5.02 Å². The molecule has 6 nitrogen and oxygen atoms in total. The van der Waals surface area contributed by atoms with Crippen molar-refractivity contribution in [2.45, 2.75) is 6.61 Å². The van der Waals surface area contributed by atoms with Gasteiger partial charge in [0.2, 0.25) is 0 Å². The van der Waals surface area contributed by atoms with E-state index < -0.39 is 11.9 Å². The number of hydrogen-bond donors (Lipinski definition) is 1. The molecule has 1 heterocycles. The summed E-state index contributed by atoms with van der Waals surface area (Å²) in [5, 5.41) is 3.26. The van der Waals surface area contributed by atoms with Crippen molar-refractivity contribution < 1.29 is 23.5 Å². The Bertz CT molecular complexity index is 949. The van der Waals surface area contributed by atoms with Crippen molar-refractivity contribution in [1.29, 1.82) is 0 Å². The Hall–Kier alpha value is -3.25. The third-order valence-corrected chi connectivity index (χ3v) is 3.91. The number of carbonyl (C=O) groups is 2. The predicted octanol–water partition coefficient (Wildman–Crippen LogP) is 4.55. The first-order chi connectivity index (χ1) is 13.1. The third-order valence-electron chi connectivity index (χ3n) is 3.66. The number of hydrogen-bond acceptors (Lipinski definition) is 5. The number of esters is 1. The van der Waals surface area contributed by atoms with Crippen LogP contribution < -0.4 is 10.1 Å². The van der Waals surface area contributed by atoms with Gasteiger partial charge in [-0.1, -0.05) is 23.7 Å². The quantitative estimate of drug-likeness (QED) is 0.630. The van der Waals surface area contributed by atoms with Crippen molar-refractivity contribution in [3.63, 3.8) is 0 Å². The van der Waals surface area contributed by atoms with Crippen LogP contribution in [0.5, 0.6) is 5.75 Å². The van der Waals surface area contributed by atoms with Crippen molar-refractivity contribution in [3.8, 4) is 5.75 Å². The summed E-state index contributed by atoms with van der Waals surface area (Å²) in [6.45, 7) is 0.160. The number of rotatable bonds is 6. The molecule has 27 heavy (non-hydrogen) atoms. The first-order valence-corrected chi connectivity index (χ1v) is 8.40. The van der Waals surface area contributed by atoms with Crippen LogP contribution in [0.4, 0.5) is 5.69 Å². The summed E-state index contributed by atoms with van der Waals surface area (Å²) >= 11 is 5.83. The molecule has 3 rings (SSSR count). The smallest absolute Gasteiger partial charge is 0.339 e. The van der Waals surface area contributed by atoms with Crippen LogP contribution in [0.15, 0.2) is 65.1 Å². The molecule has 0 aliphatic rings. The molecule has 0 fully saturated rings. The van der Waals surface area contributed by atoms with Crippen molar-refractivity contribution in [1.82, 2.24) is 0 Å². The fraction of sp³-hybridized carbons (Fsp3) is 0.100. The van der Waals surface area contributed by atoms with Gasteiger partial charge in [-0.05, 0) is 48.5 Å². The summed E-state index contributed by atoms with van der Waals surface area (Å²) in [7, 11) is 1.28. The normalized spacial score (nSPS) is 10.3. The molecule has 0 radical (unpaired) electrons. The molecule has 7 heteroatoms. The second-order valence-electron chi connectivity index (χ2n) is 5.50. The lowest BCUT2D eigenvalue weighted by atomic mass is 10.2. The van der Waals surface area contributed by atoms with Crippen LogP contribution in [-0.4, -0.2) is 19.0 Å². The second-order valence-corrected chi connectivity index (χ2v) is 5.94. The molecule has 2 aromatic carbocycles. The van der Waals surface area contributed by atoms with Gasteiger partial charge in [0.25, 0.3) is 5.91 Å². The summed E-state index contributed by atoms with van der Waals surface area (Å²) in [4.78, 5) is 24.2. The molecular formula is C20H16ClNO5. The fourth-order valence-corrected chi connectivity index (χ4v) is 2.45. The molecule has 0 bridgehead atoms. The van der Waals surface area contributed by atoms with Gasteiger partial charge >= 0.3 is 5.97 Å². The number of methoxy groups -OCH3 is 1. The lowest BCUT2D eigenvalue weighted by Gasteiger charge is -2.08. The average molecular weight is 386 g/mol. The maximum atomic E-state index is 12.4. The van der Waals surface area contributed by atoms with E-state index in [1.54, 1.807) is 54.6 Å². The zero-order chi connectivity index (χ0) is 19.2. The Morgan fingerprint density at radius 1 is 1.04 bits per heavy atom. The van der Waals surface area contributed by atoms with Crippen LogP contribution in [0, 0.1) is 0 Å². The van der Waals surface area contributed by atoms with Gasteiger partial charge in [-0.15, -0.1) is 0 Å². The van der Waals surface area contributed by atoms with Crippen molar-refractivity contribution in [2.24, 2.45) is 0 Å². The molecule has 0 atom stereocenters. The molecule has 3 aromatic rings. The molecule has 0 saturated heterocycles. The fourth-order valence-electron chi connectivity index (χ4n) is 2.33. The number of ether oxygens (including phenoxy) is 2. The summed E-state index contributed by atoms with van der Waals surface area (Å²) in [6.07, 6.45) is 0. The second kappa shape index (κ2) is 8.42. The Balaban J connectivity index is 1.65. The van der Waals surface area contributed by atoms with Crippen molar-refractivity contribution in [2.75, 3.05) is 12.4 Å². The highest BCUT2D eigenvalue weighted by atomic mass is 35.5. The average Bonchev–Trinajstić information content (AvgIpc) is 3.16. The largest absolute Gasteiger partial charge is 0.486 e. The van der Waals surface area contributed by atoms with E-state index in [4.69, 9.17) is 25.5 Å². The molecule has 0 spiro atoms. The van der Waals surface area contributed by atoms with Gasteiger partial charge in [-0.25, -0.2) is 4.79 Å². The van der Waals surface area contributed by atoms with Gasteiger partial charge in [0.05, 0.1) is 18.4 Å². The van der Waals surface area contributed by atoms with E-state index >= 15 is 0 Å². The van der Waals surface area contributed by atoms with Crippen molar-refractivity contribution in [3.05, 3.63) is 82.8 Å². The Morgan fingerprint density at radius 2 is 1.78 bits per heavy atom. The molecule has 0 aliphatic carbocycles. The van der Waals surface area contributed by atoms with Crippen molar-refractivity contribution >= 4 is 29.2 Å². The van der Waals surface area contributed by atoms with Gasteiger partial charge < -0.3 is 19.2 Å². The van der Waals surface area contributed by atoms with Gasteiger partial charge in [0.15, 0.2) is 5.76 Å². The molecule has 1 N–H and O–H groups in total. The minimum absolute atomic E-state index is 0.101. The maximum absolute atomic E-state index is 12.4. The van der Waals surface area contributed by atoms with Crippen LogP contribution in [0.1, 0.15) is 26.7 Å². The monoisotopic (exact) mass is 385 g/mol. The summed E-state index contributed by atoms with van der Waals surface area (Å²) in [6, 6.07) is 16.7. The van der Waals surface area contributed by atoms with Crippen LogP contribution in [0.25, 0.3) is 0 Å². The predicted molar refractivity (Wildman–Crippen MR) is 100 cm³/mol. The summed E-state index contributed by atoms with van der Waals surface area (Å²) < 4.78 is 15.8. The zero-order valence-electron chi connectivity index (χ0n) is 14.4. The highest BCUT2D eigenvalue weighted by molar-refractivity contribution is 6.30. The minimum atomic E-state index is -0.539. The van der Waals surface area contributed by atoms with E-state index in [9.17, 15) is 9.59 Å². The van der Waals surface area contributed by atoms with Gasteiger partial charge in [-0.3, -0.25) is 4.79 Å². The number of furan rings is 1. The Labute approximate surface area is 160 Å². The van der Waals surface area contributed by atoms with Crippen LogP contribution >= 0.6 is 11.6 Å². The molecule has 0 saturated carbocycles. The van der Waals surface area contributed by atoms with Crippen LogP contribution in [0.2, 0.25) is 5.02 Å². The number of benzene rings is 2. The molecule has 1 aromatic heterocycles. The molecule has 0 unspecified atom stereocenters. The first-order valence-electron chi connectivity index (χ1n) is 8.02. The SMILES string of the molecule is COC(=O)c1ccccc1NC(=O)c1ccc(COc2ccc(Cl)cc2)o1. The van der Waals surface area contributed by atoms with Gasteiger partial charge in [0.1, 0.15) is 18.1 Å². The van der Waals surface area contributed by atoms with Crippen LogP contribution in [-0.2, 0) is 11.3 Å².